The fourth-order valence-electron chi connectivity index (χ4n) is 3.09. The van der Waals surface area contributed by atoms with Gasteiger partial charge in [0.05, 0.1) is 6.54 Å². The molecule has 30 heavy (non-hydrogen) atoms. The SMILES string of the molecule is NC(=NCc1ccc(OC(F)(F)F)cc1)NCc1ccc(N2CCCCC2=O)cc1. The van der Waals surface area contributed by atoms with Crippen LogP contribution < -0.4 is 20.7 Å². The fourth-order valence-corrected chi connectivity index (χ4v) is 3.09. The number of alkyl halides is 3. The Morgan fingerprint density at radius 1 is 1.07 bits per heavy atom. The van der Waals surface area contributed by atoms with E-state index in [0.717, 1.165) is 30.6 Å². The monoisotopic (exact) mass is 420 g/mol. The van der Waals surface area contributed by atoms with E-state index in [4.69, 9.17) is 5.73 Å². The van der Waals surface area contributed by atoms with E-state index >= 15 is 0 Å². The van der Waals surface area contributed by atoms with Crippen LogP contribution in [0.3, 0.4) is 0 Å². The first-order chi connectivity index (χ1) is 14.3. The number of nitrogens with two attached hydrogens (primary N) is 1. The highest BCUT2D eigenvalue weighted by atomic mass is 19.4. The fraction of sp³-hybridized carbons (Fsp3) is 0.333. The summed E-state index contributed by atoms with van der Waals surface area (Å²) in [4.78, 5) is 18.0. The van der Waals surface area contributed by atoms with Crippen LogP contribution in [0.15, 0.2) is 53.5 Å². The number of hydrogen-bond donors (Lipinski definition) is 2. The van der Waals surface area contributed by atoms with Crippen LogP contribution in [0.4, 0.5) is 18.9 Å². The molecule has 0 saturated carbocycles. The van der Waals surface area contributed by atoms with Gasteiger partial charge in [-0.3, -0.25) is 4.79 Å². The van der Waals surface area contributed by atoms with E-state index in [9.17, 15) is 18.0 Å². The average Bonchev–Trinajstić information content (AvgIpc) is 2.71. The van der Waals surface area contributed by atoms with E-state index in [1.165, 1.54) is 24.3 Å². The molecule has 9 heteroatoms. The Hall–Kier alpha value is -3.23. The molecule has 0 spiro atoms. The molecule has 1 aliphatic rings. The summed E-state index contributed by atoms with van der Waals surface area (Å²) in [6.45, 7) is 1.43. The van der Waals surface area contributed by atoms with Crippen molar-refractivity contribution >= 4 is 17.6 Å². The molecule has 1 aliphatic heterocycles. The molecule has 1 amide bonds. The molecule has 0 aromatic heterocycles. The zero-order valence-corrected chi connectivity index (χ0v) is 16.3. The van der Waals surface area contributed by atoms with Crippen LogP contribution in [0.2, 0.25) is 0 Å². The lowest BCUT2D eigenvalue weighted by atomic mass is 10.1. The van der Waals surface area contributed by atoms with Gasteiger partial charge < -0.3 is 20.7 Å². The Balaban J connectivity index is 1.48. The molecular formula is C21H23F3N4O2. The summed E-state index contributed by atoms with van der Waals surface area (Å²) < 4.78 is 40.3. The molecule has 0 unspecified atom stereocenters. The van der Waals surface area contributed by atoms with Crippen molar-refractivity contribution in [1.82, 2.24) is 5.32 Å². The quantitative estimate of drug-likeness (QED) is 0.552. The molecule has 0 aliphatic carbocycles. The molecule has 3 N–H and O–H groups in total. The van der Waals surface area contributed by atoms with Gasteiger partial charge in [0.1, 0.15) is 5.75 Å². The van der Waals surface area contributed by atoms with Crippen LogP contribution in [0.5, 0.6) is 5.75 Å². The third kappa shape index (κ3) is 6.40. The highest BCUT2D eigenvalue weighted by molar-refractivity contribution is 5.93. The third-order valence-corrected chi connectivity index (χ3v) is 4.63. The summed E-state index contributed by atoms with van der Waals surface area (Å²) in [6.07, 6.45) is -2.16. The van der Waals surface area contributed by atoms with Gasteiger partial charge in [-0.25, -0.2) is 4.99 Å². The molecule has 3 rings (SSSR count). The molecule has 1 heterocycles. The maximum atomic E-state index is 12.2. The van der Waals surface area contributed by atoms with Crippen molar-refractivity contribution in [1.29, 1.82) is 0 Å². The minimum Gasteiger partial charge on any atom is -0.406 e. The van der Waals surface area contributed by atoms with Crippen LogP contribution in [-0.2, 0) is 17.9 Å². The second kappa shape index (κ2) is 9.51. The summed E-state index contributed by atoms with van der Waals surface area (Å²) in [5.41, 5.74) is 8.43. The Morgan fingerprint density at radius 3 is 2.37 bits per heavy atom. The van der Waals surface area contributed by atoms with E-state index in [2.05, 4.69) is 15.0 Å². The van der Waals surface area contributed by atoms with Gasteiger partial charge in [0, 0.05) is 25.2 Å². The molecule has 0 bridgehead atoms. The maximum Gasteiger partial charge on any atom is 0.573 e. The van der Waals surface area contributed by atoms with Crippen LogP contribution in [0.1, 0.15) is 30.4 Å². The summed E-state index contributed by atoms with van der Waals surface area (Å²) in [5, 5.41) is 2.99. The number of aliphatic imine (C=N–C) groups is 1. The molecule has 1 fully saturated rings. The summed E-state index contributed by atoms with van der Waals surface area (Å²) in [6, 6.07) is 13.1. The van der Waals surface area contributed by atoms with E-state index < -0.39 is 6.36 Å². The summed E-state index contributed by atoms with van der Waals surface area (Å²) in [5.74, 6) is 0.0958. The molecule has 160 valence electrons. The molecule has 1 saturated heterocycles. The van der Waals surface area contributed by atoms with Crippen LogP contribution in [0, 0.1) is 0 Å². The number of carbonyl (C=O) groups is 1. The van der Waals surface area contributed by atoms with Gasteiger partial charge in [0.15, 0.2) is 5.96 Å². The van der Waals surface area contributed by atoms with Crippen molar-refractivity contribution in [2.75, 3.05) is 11.4 Å². The predicted molar refractivity (Wildman–Crippen MR) is 108 cm³/mol. The number of carbonyl (C=O) groups excluding carboxylic acids is 1. The van der Waals surface area contributed by atoms with Gasteiger partial charge in [-0.05, 0) is 48.2 Å². The first-order valence-corrected chi connectivity index (χ1v) is 9.58. The molecule has 0 atom stereocenters. The van der Waals surface area contributed by atoms with Gasteiger partial charge in [-0.1, -0.05) is 24.3 Å². The molecule has 0 radical (unpaired) electrons. The first kappa shape index (κ1) is 21.5. The summed E-state index contributed by atoms with van der Waals surface area (Å²) >= 11 is 0. The lowest BCUT2D eigenvalue weighted by Crippen LogP contribution is -2.35. The second-order valence-corrected chi connectivity index (χ2v) is 6.92. The van der Waals surface area contributed by atoms with E-state index in [0.29, 0.717) is 18.5 Å². The molecule has 2 aromatic carbocycles. The zero-order valence-electron chi connectivity index (χ0n) is 16.3. The Labute approximate surface area is 172 Å². The number of hydrogen-bond acceptors (Lipinski definition) is 3. The van der Waals surface area contributed by atoms with Gasteiger partial charge in [-0.2, -0.15) is 0 Å². The molecular weight excluding hydrogens is 397 g/mol. The van der Waals surface area contributed by atoms with Crippen molar-refractivity contribution in [3.8, 4) is 5.75 Å². The van der Waals surface area contributed by atoms with Gasteiger partial charge in [-0.15, -0.1) is 13.2 Å². The number of anilines is 1. The van der Waals surface area contributed by atoms with E-state index in [1.807, 2.05) is 29.2 Å². The van der Waals surface area contributed by atoms with Crippen LogP contribution in [-0.4, -0.2) is 24.8 Å². The number of amides is 1. The van der Waals surface area contributed by atoms with Crippen molar-refractivity contribution in [3.05, 3.63) is 59.7 Å². The topological polar surface area (TPSA) is 80.0 Å². The number of rotatable bonds is 6. The van der Waals surface area contributed by atoms with Crippen molar-refractivity contribution in [2.45, 2.75) is 38.7 Å². The third-order valence-electron chi connectivity index (χ3n) is 4.63. The Morgan fingerprint density at radius 2 is 1.73 bits per heavy atom. The van der Waals surface area contributed by atoms with Gasteiger partial charge >= 0.3 is 6.36 Å². The number of halogens is 3. The van der Waals surface area contributed by atoms with E-state index in [-0.39, 0.29) is 24.2 Å². The minimum absolute atomic E-state index is 0.154. The number of ether oxygens (including phenoxy) is 1. The summed E-state index contributed by atoms with van der Waals surface area (Å²) in [7, 11) is 0. The Bertz CT molecular complexity index is 881. The normalized spacial score (nSPS) is 15.2. The first-order valence-electron chi connectivity index (χ1n) is 9.58. The highest BCUT2D eigenvalue weighted by Crippen LogP contribution is 2.23. The maximum absolute atomic E-state index is 12.2. The van der Waals surface area contributed by atoms with Gasteiger partial charge in [0.2, 0.25) is 5.91 Å². The lowest BCUT2D eigenvalue weighted by molar-refractivity contribution is -0.274. The van der Waals surface area contributed by atoms with Crippen molar-refractivity contribution in [2.24, 2.45) is 10.7 Å². The van der Waals surface area contributed by atoms with Crippen LogP contribution in [0.25, 0.3) is 0 Å². The Kier molecular flexibility index (Phi) is 6.81. The van der Waals surface area contributed by atoms with E-state index in [1.54, 1.807) is 0 Å². The lowest BCUT2D eigenvalue weighted by Gasteiger charge is -2.26. The smallest absolute Gasteiger partial charge is 0.406 e. The number of nitrogens with one attached hydrogen (secondary N) is 1. The zero-order chi connectivity index (χ0) is 21.6. The second-order valence-electron chi connectivity index (χ2n) is 6.92. The van der Waals surface area contributed by atoms with Crippen molar-refractivity contribution in [3.63, 3.8) is 0 Å². The largest absolute Gasteiger partial charge is 0.573 e. The minimum atomic E-state index is -4.71. The molecule has 2 aromatic rings. The highest BCUT2D eigenvalue weighted by Gasteiger charge is 2.30. The number of nitrogens with zero attached hydrogens (tertiary/aromatic N) is 2. The van der Waals surface area contributed by atoms with Crippen LogP contribution >= 0.6 is 0 Å². The van der Waals surface area contributed by atoms with Crippen molar-refractivity contribution < 1.29 is 22.7 Å². The van der Waals surface area contributed by atoms with Gasteiger partial charge in [0.25, 0.3) is 0 Å². The number of guanidine groups is 1. The number of benzene rings is 2. The standard InChI is InChI=1S/C21H23F3N4O2/c22-21(23,24)30-18-10-6-16(7-11-18)14-27-20(25)26-13-15-4-8-17(9-5-15)28-12-2-1-3-19(28)29/h4-11H,1-3,12-14H2,(H3,25,26,27). The predicted octanol–water partition coefficient (Wildman–Crippen LogP) is 3.71. The average molecular weight is 420 g/mol. The number of piperidine rings is 1. The molecule has 6 nitrogen and oxygen atoms in total.